The third-order valence-electron chi connectivity index (χ3n) is 4.04. The Bertz CT molecular complexity index is 711. The fourth-order valence-electron chi connectivity index (χ4n) is 2.77. The molecule has 1 aromatic carbocycles. The van der Waals surface area contributed by atoms with Crippen LogP contribution in [-0.4, -0.2) is 46.5 Å². The maximum absolute atomic E-state index is 12.6. The number of hydrogen-bond donors (Lipinski definition) is 0. The van der Waals surface area contributed by atoms with Crippen molar-refractivity contribution in [1.29, 1.82) is 0 Å². The lowest BCUT2D eigenvalue weighted by Gasteiger charge is -2.35. The molecule has 0 radical (unpaired) electrons. The number of rotatable bonds is 3. The Morgan fingerprint density at radius 2 is 1.92 bits per heavy atom. The van der Waals surface area contributed by atoms with Crippen molar-refractivity contribution in [3.8, 4) is 0 Å². The van der Waals surface area contributed by atoms with E-state index in [-0.39, 0.29) is 18.3 Å². The summed E-state index contributed by atoms with van der Waals surface area (Å²) in [4.78, 5) is 21.1. The van der Waals surface area contributed by atoms with Gasteiger partial charge in [-0.25, -0.2) is 4.98 Å². The minimum Gasteiger partial charge on any atom is -0.339 e. The summed E-state index contributed by atoms with van der Waals surface area (Å²) in [6, 6.07) is 4.97. The van der Waals surface area contributed by atoms with Gasteiger partial charge < -0.3 is 14.4 Å². The van der Waals surface area contributed by atoms with Crippen LogP contribution in [0.2, 0.25) is 10.0 Å². The van der Waals surface area contributed by atoms with Crippen molar-refractivity contribution in [3.63, 3.8) is 0 Å². The fourth-order valence-corrected chi connectivity index (χ4v) is 3.14. The third kappa shape index (κ3) is 3.79. The highest BCUT2D eigenvalue weighted by Crippen LogP contribution is 2.23. The van der Waals surface area contributed by atoms with E-state index < -0.39 is 0 Å². The normalized spacial score (nSPS) is 14.5. The molecule has 0 N–H and O–H groups in total. The fraction of sp³-hybridized carbons (Fsp3) is 0.375. The Morgan fingerprint density at radius 3 is 2.58 bits per heavy atom. The maximum atomic E-state index is 12.6. The Labute approximate surface area is 157 Å². The first-order valence-electron chi connectivity index (χ1n) is 7.60. The largest absolute Gasteiger partial charge is 0.339 e. The molecule has 0 saturated carbocycles. The summed E-state index contributed by atoms with van der Waals surface area (Å²) in [5, 5.41) is 0.949. The van der Waals surface area contributed by atoms with E-state index in [2.05, 4.69) is 21.4 Å². The van der Waals surface area contributed by atoms with Crippen molar-refractivity contribution >= 4 is 47.5 Å². The SMILES string of the molecule is CCn1ccnc1N1CCN(C(=O)c2cc(Cl)ccc2Cl)CC1.Cl. The first-order chi connectivity index (χ1) is 11.1. The molecular weight excluding hydrogens is 371 g/mol. The van der Waals surface area contributed by atoms with Gasteiger partial charge in [0.25, 0.3) is 5.91 Å². The molecule has 8 heteroatoms. The molecular formula is C16H19Cl3N4O. The number of aromatic nitrogens is 2. The summed E-state index contributed by atoms with van der Waals surface area (Å²) in [5.41, 5.74) is 0.461. The monoisotopic (exact) mass is 388 g/mol. The van der Waals surface area contributed by atoms with Gasteiger partial charge in [-0.1, -0.05) is 23.2 Å². The first-order valence-corrected chi connectivity index (χ1v) is 8.36. The van der Waals surface area contributed by atoms with E-state index in [0.717, 1.165) is 25.6 Å². The molecule has 1 aliphatic heterocycles. The van der Waals surface area contributed by atoms with E-state index in [1.165, 1.54) is 0 Å². The highest BCUT2D eigenvalue weighted by atomic mass is 35.5. The quantitative estimate of drug-likeness (QED) is 0.805. The zero-order valence-corrected chi connectivity index (χ0v) is 15.6. The second-order valence-corrected chi connectivity index (χ2v) is 6.26. The standard InChI is InChI=1S/C16H18Cl2N4O.ClH/c1-2-20-6-5-19-16(20)22-9-7-21(8-10-22)15(23)13-11-12(17)3-4-14(13)18;/h3-6,11H,2,7-10H2,1H3;1H. The smallest absolute Gasteiger partial charge is 0.255 e. The predicted molar refractivity (Wildman–Crippen MR) is 99.7 cm³/mol. The third-order valence-corrected chi connectivity index (χ3v) is 4.61. The van der Waals surface area contributed by atoms with Crippen LogP contribution >= 0.6 is 35.6 Å². The summed E-state index contributed by atoms with van der Waals surface area (Å²) in [6.45, 7) is 5.75. The molecule has 0 atom stereocenters. The summed E-state index contributed by atoms with van der Waals surface area (Å²) in [6.07, 6.45) is 3.78. The van der Waals surface area contributed by atoms with E-state index in [9.17, 15) is 4.79 Å². The van der Waals surface area contributed by atoms with Gasteiger partial charge >= 0.3 is 0 Å². The van der Waals surface area contributed by atoms with Gasteiger partial charge in [-0.2, -0.15) is 0 Å². The number of hydrogen-bond acceptors (Lipinski definition) is 3. The van der Waals surface area contributed by atoms with Gasteiger partial charge in [0.2, 0.25) is 5.95 Å². The zero-order valence-electron chi connectivity index (χ0n) is 13.3. The molecule has 1 aromatic heterocycles. The van der Waals surface area contributed by atoms with Crippen LogP contribution in [0.25, 0.3) is 0 Å². The lowest BCUT2D eigenvalue weighted by Crippen LogP contribution is -2.49. The molecule has 2 heterocycles. The molecule has 130 valence electrons. The van der Waals surface area contributed by atoms with Crippen molar-refractivity contribution in [2.24, 2.45) is 0 Å². The van der Waals surface area contributed by atoms with Crippen molar-refractivity contribution < 1.29 is 4.79 Å². The lowest BCUT2D eigenvalue weighted by atomic mass is 10.2. The number of carbonyl (C=O) groups excluding carboxylic acids is 1. The van der Waals surface area contributed by atoms with Crippen LogP contribution < -0.4 is 4.90 Å². The molecule has 0 unspecified atom stereocenters. The molecule has 5 nitrogen and oxygen atoms in total. The zero-order chi connectivity index (χ0) is 16.4. The minimum atomic E-state index is -0.0732. The number of imidazole rings is 1. The summed E-state index contributed by atoms with van der Waals surface area (Å²) >= 11 is 12.1. The van der Waals surface area contributed by atoms with E-state index in [1.54, 1.807) is 18.2 Å². The Kier molecular flexibility index (Phi) is 6.38. The number of carbonyl (C=O) groups is 1. The molecule has 0 bridgehead atoms. The van der Waals surface area contributed by atoms with Crippen LogP contribution in [0, 0.1) is 0 Å². The van der Waals surface area contributed by atoms with E-state index in [4.69, 9.17) is 23.2 Å². The number of benzene rings is 1. The molecule has 1 amide bonds. The summed E-state index contributed by atoms with van der Waals surface area (Å²) < 4.78 is 2.10. The highest BCUT2D eigenvalue weighted by Gasteiger charge is 2.25. The van der Waals surface area contributed by atoms with Crippen molar-refractivity contribution in [2.75, 3.05) is 31.1 Å². The van der Waals surface area contributed by atoms with Crippen LogP contribution in [0.4, 0.5) is 5.95 Å². The van der Waals surface area contributed by atoms with Crippen LogP contribution in [0.15, 0.2) is 30.6 Å². The molecule has 2 aromatic rings. The minimum absolute atomic E-state index is 0. The van der Waals surface area contributed by atoms with Gasteiger partial charge in [0.05, 0.1) is 10.6 Å². The lowest BCUT2D eigenvalue weighted by molar-refractivity contribution is 0.0746. The van der Waals surface area contributed by atoms with Crippen LogP contribution in [0.5, 0.6) is 0 Å². The molecule has 24 heavy (non-hydrogen) atoms. The molecule has 0 aliphatic carbocycles. The second-order valence-electron chi connectivity index (χ2n) is 5.42. The van der Waals surface area contributed by atoms with Gasteiger partial charge in [0, 0.05) is 50.1 Å². The van der Waals surface area contributed by atoms with E-state index >= 15 is 0 Å². The first kappa shape index (κ1) is 18.9. The average molecular weight is 390 g/mol. The molecule has 1 saturated heterocycles. The summed E-state index contributed by atoms with van der Waals surface area (Å²) in [5.74, 6) is 0.886. The van der Waals surface area contributed by atoms with Crippen molar-refractivity contribution in [3.05, 3.63) is 46.2 Å². The number of amides is 1. The Balaban J connectivity index is 0.00000208. The van der Waals surface area contributed by atoms with Crippen LogP contribution in [0.3, 0.4) is 0 Å². The molecule has 1 aliphatic rings. The van der Waals surface area contributed by atoms with Gasteiger partial charge in [-0.15, -0.1) is 12.4 Å². The molecule has 0 spiro atoms. The van der Waals surface area contributed by atoms with Crippen LogP contribution in [0.1, 0.15) is 17.3 Å². The average Bonchev–Trinajstić information content (AvgIpc) is 3.05. The predicted octanol–water partition coefficient (Wildman–Crippen LogP) is 3.59. The topological polar surface area (TPSA) is 41.4 Å². The van der Waals surface area contributed by atoms with Gasteiger partial charge in [-0.3, -0.25) is 4.79 Å². The molecule has 1 fully saturated rings. The van der Waals surface area contributed by atoms with Gasteiger partial charge in [0.1, 0.15) is 0 Å². The second kappa shape index (κ2) is 8.10. The maximum Gasteiger partial charge on any atom is 0.255 e. The number of aryl methyl sites for hydroxylation is 1. The number of anilines is 1. The Hall–Kier alpha value is -1.43. The van der Waals surface area contributed by atoms with Gasteiger partial charge in [0.15, 0.2) is 0 Å². The van der Waals surface area contributed by atoms with Crippen molar-refractivity contribution in [1.82, 2.24) is 14.5 Å². The number of piperazine rings is 1. The Morgan fingerprint density at radius 1 is 1.21 bits per heavy atom. The van der Waals surface area contributed by atoms with E-state index in [1.807, 2.05) is 17.3 Å². The number of halogens is 3. The van der Waals surface area contributed by atoms with Crippen molar-refractivity contribution in [2.45, 2.75) is 13.5 Å². The summed E-state index contributed by atoms with van der Waals surface area (Å²) in [7, 11) is 0. The van der Waals surface area contributed by atoms with Crippen LogP contribution in [-0.2, 0) is 6.54 Å². The molecule has 3 rings (SSSR count). The van der Waals surface area contributed by atoms with E-state index in [0.29, 0.717) is 28.7 Å². The highest BCUT2D eigenvalue weighted by molar-refractivity contribution is 6.35. The van der Waals surface area contributed by atoms with Gasteiger partial charge in [-0.05, 0) is 25.1 Å². The number of nitrogens with zero attached hydrogens (tertiary/aromatic N) is 4.